The molecule has 0 aromatic carbocycles. The highest BCUT2D eigenvalue weighted by Gasteiger charge is 2.24. The fraction of sp³-hybridized carbons (Fsp3) is 0.182. The van der Waals surface area contributed by atoms with Crippen LogP contribution in [0.1, 0.15) is 5.56 Å². The first kappa shape index (κ1) is 11.3. The Hall–Kier alpha value is -1.76. The number of nitrogens with zero attached hydrogens (tertiary/aromatic N) is 4. The van der Waals surface area contributed by atoms with Crippen LogP contribution in [0.3, 0.4) is 0 Å². The van der Waals surface area contributed by atoms with Gasteiger partial charge in [-0.05, 0) is 34.0 Å². The Labute approximate surface area is 111 Å². The summed E-state index contributed by atoms with van der Waals surface area (Å²) in [6, 6.07) is 1.85. The molecular weight excluding hydrogens is 301 g/mol. The number of aromatic nitrogens is 3. The minimum atomic E-state index is -0.481. The maximum atomic E-state index is 13.8. The molecule has 0 bridgehead atoms. The molecule has 0 saturated heterocycles. The predicted molar refractivity (Wildman–Crippen MR) is 69.0 cm³/mol. The summed E-state index contributed by atoms with van der Waals surface area (Å²) in [4.78, 5) is 13.5. The molecule has 0 aliphatic carbocycles. The first-order chi connectivity index (χ1) is 8.65. The lowest BCUT2D eigenvalue weighted by Crippen LogP contribution is -2.17. The topological polar surface area (TPSA) is 67.9 Å². The lowest BCUT2D eigenvalue weighted by molar-refractivity contribution is 0.612. The summed E-state index contributed by atoms with van der Waals surface area (Å²) in [6.07, 6.45) is 3.67. The normalized spacial score (nSPS) is 13.8. The number of nitrogen functional groups attached to an aromatic ring is 1. The fourth-order valence-corrected chi connectivity index (χ4v) is 2.34. The molecule has 0 spiro atoms. The maximum absolute atomic E-state index is 13.8. The van der Waals surface area contributed by atoms with Gasteiger partial charge < -0.3 is 10.6 Å². The molecule has 2 aromatic heterocycles. The van der Waals surface area contributed by atoms with Crippen molar-refractivity contribution in [2.75, 3.05) is 17.2 Å². The Morgan fingerprint density at radius 3 is 3.00 bits per heavy atom. The predicted octanol–water partition coefficient (Wildman–Crippen LogP) is 2.05. The number of rotatable bonds is 1. The summed E-state index contributed by atoms with van der Waals surface area (Å²) in [5.41, 5.74) is 7.47. The van der Waals surface area contributed by atoms with Crippen molar-refractivity contribution in [2.45, 2.75) is 6.42 Å². The van der Waals surface area contributed by atoms with Crippen LogP contribution < -0.4 is 10.6 Å². The van der Waals surface area contributed by atoms with E-state index < -0.39 is 5.82 Å². The third kappa shape index (κ3) is 1.80. The second-order valence-corrected chi connectivity index (χ2v) is 4.75. The minimum absolute atomic E-state index is 0.0629. The lowest BCUT2D eigenvalue weighted by atomic mass is 10.2. The highest BCUT2D eigenvalue weighted by atomic mass is 79.9. The van der Waals surface area contributed by atoms with Gasteiger partial charge in [0.15, 0.2) is 11.6 Å². The number of nitrogens with two attached hydrogens (primary N) is 1. The number of anilines is 3. The highest BCUT2D eigenvalue weighted by Crippen LogP contribution is 2.35. The molecule has 92 valence electrons. The minimum Gasteiger partial charge on any atom is -0.368 e. The molecule has 1 aliphatic heterocycles. The van der Waals surface area contributed by atoms with Gasteiger partial charge in [0.25, 0.3) is 0 Å². The fourth-order valence-electron chi connectivity index (χ4n) is 2.03. The summed E-state index contributed by atoms with van der Waals surface area (Å²) in [7, 11) is 0. The van der Waals surface area contributed by atoms with E-state index in [1.165, 1.54) is 0 Å². The number of pyridine rings is 1. The van der Waals surface area contributed by atoms with E-state index in [-0.39, 0.29) is 11.8 Å². The van der Waals surface area contributed by atoms with E-state index in [4.69, 9.17) is 5.73 Å². The molecule has 3 heterocycles. The van der Waals surface area contributed by atoms with Crippen molar-refractivity contribution in [1.29, 1.82) is 0 Å². The van der Waals surface area contributed by atoms with Gasteiger partial charge >= 0.3 is 0 Å². The average molecular weight is 310 g/mol. The Morgan fingerprint density at radius 1 is 1.33 bits per heavy atom. The van der Waals surface area contributed by atoms with Crippen molar-refractivity contribution >= 4 is 33.4 Å². The third-order valence-corrected chi connectivity index (χ3v) is 3.26. The van der Waals surface area contributed by atoms with E-state index >= 15 is 0 Å². The van der Waals surface area contributed by atoms with Gasteiger partial charge in [0.2, 0.25) is 5.95 Å². The third-order valence-electron chi connectivity index (χ3n) is 2.82. The Morgan fingerprint density at radius 2 is 2.17 bits per heavy atom. The van der Waals surface area contributed by atoms with Crippen molar-refractivity contribution in [3.8, 4) is 0 Å². The molecule has 0 atom stereocenters. The largest absolute Gasteiger partial charge is 0.368 e. The van der Waals surface area contributed by atoms with E-state index in [1.54, 1.807) is 11.1 Å². The highest BCUT2D eigenvalue weighted by molar-refractivity contribution is 9.10. The van der Waals surface area contributed by atoms with Crippen molar-refractivity contribution in [1.82, 2.24) is 15.0 Å². The Balaban J connectivity index is 2.11. The lowest BCUT2D eigenvalue weighted by Gasteiger charge is -2.18. The number of fused-ring (bicyclic) bond motifs is 1. The number of halogens is 2. The smallest absolute Gasteiger partial charge is 0.222 e. The van der Waals surface area contributed by atoms with Gasteiger partial charge in [0.05, 0.1) is 6.20 Å². The van der Waals surface area contributed by atoms with Crippen LogP contribution in [-0.4, -0.2) is 21.5 Å². The van der Waals surface area contributed by atoms with Crippen LogP contribution in [0.2, 0.25) is 0 Å². The van der Waals surface area contributed by atoms with Gasteiger partial charge in [-0.25, -0.2) is 14.4 Å². The molecule has 18 heavy (non-hydrogen) atoms. The SMILES string of the molecule is Nc1ncc(F)c(N2CCc3cnc(Br)cc32)n1. The summed E-state index contributed by atoms with van der Waals surface area (Å²) < 4.78 is 14.5. The quantitative estimate of drug-likeness (QED) is 0.817. The molecule has 5 nitrogen and oxygen atoms in total. The monoisotopic (exact) mass is 309 g/mol. The second kappa shape index (κ2) is 4.16. The Bertz CT molecular complexity index is 618. The zero-order valence-corrected chi connectivity index (χ0v) is 10.9. The van der Waals surface area contributed by atoms with Crippen molar-refractivity contribution in [3.63, 3.8) is 0 Å². The molecule has 2 aromatic rings. The molecule has 3 rings (SSSR count). The van der Waals surface area contributed by atoms with Gasteiger partial charge in [-0.2, -0.15) is 4.98 Å². The molecule has 0 radical (unpaired) electrons. The van der Waals surface area contributed by atoms with E-state index in [0.717, 1.165) is 23.9 Å². The number of hydrogen-bond acceptors (Lipinski definition) is 5. The summed E-state index contributed by atoms with van der Waals surface area (Å²) in [6.45, 7) is 0.654. The van der Waals surface area contributed by atoms with Crippen molar-refractivity contribution < 1.29 is 4.39 Å². The van der Waals surface area contributed by atoms with Crippen LogP contribution in [0.25, 0.3) is 0 Å². The molecular formula is C11H9BrFN5. The van der Waals surface area contributed by atoms with Crippen LogP contribution in [0, 0.1) is 5.82 Å². The van der Waals surface area contributed by atoms with Crippen LogP contribution >= 0.6 is 15.9 Å². The summed E-state index contributed by atoms with van der Waals surface area (Å²) in [5.74, 6) is -0.211. The first-order valence-corrected chi connectivity index (χ1v) is 6.14. The van der Waals surface area contributed by atoms with Gasteiger partial charge in [0, 0.05) is 18.4 Å². The zero-order chi connectivity index (χ0) is 12.7. The van der Waals surface area contributed by atoms with Crippen LogP contribution in [0.4, 0.5) is 21.8 Å². The molecule has 0 saturated carbocycles. The summed E-state index contributed by atoms with van der Waals surface area (Å²) >= 11 is 3.31. The van der Waals surface area contributed by atoms with Crippen LogP contribution in [0.15, 0.2) is 23.1 Å². The van der Waals surface area contributed by atoms with E-state index in [0.29, 0.717) is 11.1 Å². The van der Waals surface area contributed by atoms with Gasteiger partial charge in [0.1, 0.15) is 4.60 Å². The maximum Gasteiger partial charge on any atom is 0.222 e. The molecule has 7 heteroatoms. The van der Waals surface area contributed by atoms with Gasteiger partial charge in [-0.1, -0.05) is 0 Å². The molecule has 1 aliphatic rings. The van der Waals surface area contributed by atoms with Crippen LogP contribution in [0.5, 0.6) is 0 Å². The molecule has 0 amide bonds. The van der Waals surface area contributed by atoms with E-state index in [9.17, 15) is 4.39 Å². The average Bonchev–Trinajstić information content (AvgIpc) is 2.75. The van der Waals surface area contributed by atoms with E-state index in [1.807, 2.05) is 6.07 Å². The summed E-state index contributed by atoms with van der Waals surface area (Å²) in [5, 5.41) is 0. The van der Waals surface area contributed by atoms with E-state index in [2.05, 4.69) is 30.9 Å². The van der Waals surface area contributed by atoms with Crippen molar-refractivity contribution in [3.05, 3.63) is 34.4 Å². The standard InChI is InChI=1S/C11H9BrFN5/c12-9-3-8-6(4-15-9)1-2-18(8)10-7(13)5-16-11(14)17-10/h3-5H,1-2H2,(H2,14,16,17). The van der Waals surface area contributed by atoms with Crippen LogP contribution in [-0.2, 0) is 6.42 Å². The molecule has 0 fully saturated rings. The second-order valence-electron chi connectivity index (χ2n) is 3.94. The zero-order valence-electron chi connectivity index (χ0n) is 9.27. The van der Waals surface area contributed by atoms with Crippen molar-refractivity contribution in [2.24, 2.45) is 0 Å². The first-order valence-electron chi connectivity index (χ1n) is 5.35. The molecule has 2 N–H and O–H groups in total. The number of hydrogen-bond donors (Lipinski definition) is 1. The Kier molecular flexibility index (Phi) is 2.62. The van der Waals surface area contributed by atoms with Gasteiger partial charge in [-0.3, -0.25) is 0 Å². The molecule has 0 unspecified atom stereocenters. The van der Waals surface area contributed by atoms with Gasteiger partial charge in [-0.15, -0.1) is 0 Å².